The number of para-hydroxylation sites is 1. The number of halogens is 3. The lowest BCUT2D eigenvalue weighted by Gasteiger charge is -2.20. The topological polar surface area (TPSA) is 41.6 Å². The largest absolute Gasteiger partial charge is 0.573 e. The fourth-order valence-corrected chi connectivity index (χ4v) is 1.48. The number of carbonyl (C=O) groups excluding carboxylic acids is 1. The Balaban J connectivity index is 2.76. The van der Waals surface area contributed by atoms with Gasteiger partial charge >= 0.3 is 12.4 Å². The molecule has 0 aromatic heterocycles. The van der Waals surface area contributed by atoms with Crippen LogP contribution in [0, 0.1) is 0 Å². The van der Waals surface area contributed by atoms with Gasteiger partial charge in [-0.3, -0.25) is 0 Å². The van der Waals surface area contributed by atoms with E-state index in [1.807, 2.05) is 0 Å². The molecule has 1 N–H and O–H groups in total. The standard InChI is InChI=1S/C13H15F3N2O2/c1-3-8-17-12(19)18(2)9-10-6-4-5-7-11(10)20-13(14,15)16/h3-7H,1,8-9H2,2H3,(H,17,19). The van der Waals surface area contributed by atoms with Crippen molar-refractivity contribution < 1.29 is 22.7 Å². The highest BCUT2D eigenvalue weighted by Crippen LogP contribution is 2.26. The second-order valence-corrected chi connectivity index (χ2v) is 3.99. The summed E-state index contributed by atoms with van der Waals surface area (Å²) in [6, 6.07) is 5.28. The Labute approximate surface area is 114 Å². The maximum atomic E-state index is 12.3. The van der Waals surface area contributed by atoms with Crippen LogP contribution in [0.5, 0.6) is 5.75 Å². The van der Waals surface area contributed by atoms with E-state index in [0.29, 0.717) is 0 Å². The highest BCUT2D eigenvalue weighted by atomic mass is 19.4. The van der Waals surface area contributed by atoms with E-state index in [9.17, 15) is 18.0 Å². The zero-order valence-electron chi connectivity index (χ0n) is 10.9. The van der Waals surface area contributed by atoms with Gasteiger partial charge in [0.25, 0.3) is 0 Å². The van der Waals surface area contributed by atoms with E-state index in [2.05, 4.69) is 16.6 Å². The summed E-state index contributed by atoms with van der Waals surface area (Å²) < 4.78 is 40.7. The van der Waals surface area contributed by atoms with Crippen LogP contribution < -0.4 is 10.1 Å². The molecule has 0 atom stereocenters. The number of alkyl halides is 3. The second kappa shape index (κ2) is 6.83. The van der Waals surface area contributed by atoms with Gasteiger partial charge in [-0.2, -0.15) is 0 Å². The number of rotatable bonds is 5. The molecule has 0 aliphatic heterocycles. The first-order chi connectivity index (χ1) is 9.33. The summed E-state index contributed by atoms with van der Waals surface area (Å²) in [5.41, 5.74) is 0.265. The van der Waals surface area contributed by atoms with Gasteiger partial charge in [-0.1, -0.05) is 24.3 Å². The van der Waals surface area contributed by atoms with Crippen LogP contribution >= 0.6 is 0 Å². The van der Waals surface area contributed by atoms with Crippen LogP contribution in [0.4, 0.5) is 18.0 Å². The van der Waals surface area contributed by atoms with Gasteiger partial charge in [0.15, 0.2) is 0 Å². The average Bonchev–Trinajstić information content (AvgIpc) is 2.36. The molecule has 0 aliphatic carbocycles. The molecule has 0 heterocycles. The Morgan fingerprint density at radius 2 is 2.10 bits per heavy atom. The third kappa shape index (κ3) is 5.21. The molecule has 4 nitrogen and oxygen atoms in total. The SMILES string of the molecule is C=CCNC(=O)N(C)Cc1ccccc1OC(F)(F)F. The summed E-state index contributed by atoms with van der Waals surface area (Å²) in [7, 11) is 1.47. The number of carbonyl (C=O) groups is 1. The minimum Gasteiger partial charge on any atom is -0.405 e. The maximum Gasteiger partial charge on any atom is 0.573 e. The van der Waals surface area contributed by atoms with Gasteiger partial charge in [0.05, 0.1) is 6.54 Å². The van der Waals surface area contributed by atoms with Crippen LogP contribution in [0.25, 0.3) is 0 Å². The molecule has 1 aromatic carbocycles. The van der Waals surface area contributed by atoms with Crippen molar-refractivity contribution in [3.8, 4) is 5.75 Å². The van der Waals surface area contributed by atoms with Crippen molar-refractivity contribution >= 4 is 6.03 Å². The summed E-state index contributed by atoms with van der Waals surface area (Å²) in [6.07, 6.45) is -3.26. The number of urea groups is 1. The third-order valence-corrected chi connectivity index (χ3v) is 2.35. The summed E-state index contributed by atoms with van der Waals surface area (Å²) in [4.78, 5) is 12.9. The van der Waals surface area contributed by atoms with Gasteiger partial charge in [0.1, 0.15) is 5.75 Å². The van der Waals surface area contributed by atoms with Gasteiger partial charge in [-0.25, -0.2) is 4.79 Å². The van der Waals surface area contributed by atoms with E-state index in [1.165, 1.54) is 36.2 Å². The van der Waals surface area contributed by atoms with Crippen LogP contribution in [0.3, 0.4) is 0 Å². The van der Waals surface area contributed by atoms with Gasteiger partial charge < -0.3 is 15.0 Å². The van der Waals surface area contributed by atoms with Crippen molar-refractivity contribution in [3.05, 3.63) is 42.5 Å². The van der Waals surface area contributed by atoms with Crippen LogP contribution in [0.2, 0.25) is 0 Å². The summed E-state index contributed by atoms with van der Waals surface area (Å²) in [5.74, 6) is -0.316. The lowest BCUT2D eigenvalue weighted by atomic mass is 10.2. The van der Waals surface area contributed by atoms with E-state index >= 15 is 0 Å². The van der Waals surface area contributed by atoms with Crippen molar-refractivity contribution in [2.24, 2.45) is 0 Å². The van der Waals surface area contributed by atoms with Crippen LogP contribution in [-0.2, 0) is 6.54 Å². The monoisotopic (exact) mass is 288 g/mol. The highest BCUT2D eigenvalue weighted by molar-refractivity contribution is 5.74. The minimum absolute atomic E-state index is 0.00473. The molecule has 0 saturated carbocycles. The molecule has 7 heteroatoms. The van der Waals surface area contributed by atoms with Crippen molar-refractivity contribution in [2.45, 2.75) is 12.9 Å². The number of amides is 2. The zero-order chi connectivity index (χ0) is 15.2. The molecule has 0 spiro atoms. The first-order valence-electron chi connectivity index (χ1n) is 5.77. The molecule has 2 amide bonds. The summed E-state index contributed by atoms with van der Waals surface area (Å²) in [6.45, 7) is 3.73. The minimum atomic E-state index is -4.76. The molecule has 20 heavy (non-hydrogen) atoms. The molecule has 1 rings (SSSR count). The summed E-state index contributed by atoms with van der Waals surface area (Å²) >= 11 is 0. The quantitative estimate of drug-likeness (QED) is 0.846. The Kier molecular flexibility index (Phi) is 5.42. The molecule has 0 radical (unpaired) electrons. The molecular weight excluding hydrogens is 273 g/mol. The number of hydrogen-bond acceptors (Lipinski definition) is 2. The van der Waals surface area contributed by atoms with Crippen LogP contribution in [-0.4, -0.2) is 30.9 Å². The Morgan fingerprint density at radius 3 is 2.70 bits per heavy atom. The molecule has 0 saturated heterocycles. The number of hydrogen-bond donors (Lipinski definition) is 1. The van der Waals surface area contributed by atoms with Crippen molar-refractivity contribution in [1.29, 1.82) is 0 Å². The molecule has 1 aromatic rings. The first-order valence-corrected chi connectivity index (χ1v) is 5.77. The van der Waals surface area contributed by atoms with Crippen LogP contribution in [0.1, 0.15) is 5.56 Å². The van der Waals surface area contributed by atoms with E-state index in [4.69, 9.17) is 0 Å². The van der Waals surface area contributed by atoms with Crippen molar-refractivity contribution in [3.63, 3.8) is 0 Å². The van der Waals surface area contributed by atoms with E-state index in [1.54, 1.807) is 6.07 Å². The van der Waals surface area contributed by atoms with E-state index in [-0.39, 0.29) is 24.4 Å². The molecule has 110 valence electrons. The number of ether oxygens (including phenoxy) is 1. The Bertz CT molecular complexity index is 475. The molecule has 0 bridgehead atoms. The lowest BCUT2D eigenvalue weighted by molar-refractivity contribution is -0.274. The Hall–Kier alpha value is -2.18. The highest BCUT2D eigenvalue weighted by Gasteiger charge is 2.32. The third-order valence-electron chi connectivity index (χ3n) is 2.35. The average molecular weight is 288 g/mol. The van der Waals surface area contributed by atoms with Gasteiger partial charge in [0, 0.05) is 19.2 Å². The summed E-state index contributed by atoms with van der Waals surface area (Å²) in [5, 5.41) is 2.53. The van der Waals surface area contributed by atoms with E-state index in [0.717, 1.165) is 0 Å². The fraction of sp³-hybridized carbons (Fsp3) is 0.308. The zero-order valence-corrected chi connectivity index (χ0v) is 10.9. The van der Waals surface area contributed by atoms with Gasteiger partial charge in [-0.05, 0) is 6.07 Å². The van der Waals surface area contributed by atoms with E-state index < -0.39 is 12.4 Å². The van der Waals surface area contributed by atoms with Crippen molar-refractivity contribution in [1.82, 2.24) is 10.2 Å². The fourth-order valence-electron chi connectivity index (χ4n) is 1.48. The predicted octanol–water partition coefficient (Wildman–Crippen LogP) is 2.91. The number of nitrogens with zero attached hydrogens (tertiary/aromatic N) is 1. The second-order valence-electron chi connectivity index (χ2n) is 3.99. The first kappa shape index (κ1) is 15.9. The molecular formula is C13H15F3N2O2. The van der Waals surface area contributed by atoms with Crippen LogP contribution in [0.15, 0.2) is 36.9 Å². The maximum absolute atomic E-state index is 12.3. The Morgan fingerprint density at radius 1 is 1.45 bits per heavy atom. The normalized spacial score (nSPS) is 10.8. The van der Waals surface area contributed by atoms with Gasteiger partial charge in [0.2, 0.25) is 0 Å². The molecule has 0 aliphatic rings. The van der Waals surface area contributed by atoms with Crippen molar-refractivity contribution in [2.75, 3.05) is 13.6 Å². The smallest absolute Gasteiger partial charge is 0.405 e. The lowest BCUT2D eigenvalue weighted by Crippen LogP contribution is -2.36. The number of nitrogens with one attached hydrogen (secondary N) is 1. The van der Waals surface area contributed by atoms with Gasteiger partial charge in [-0.15, -0.1) is 19.8 Å². The molecule has 0 unspecified atom stereocenters. The number of benzene rings is 1. The molecule has 0 fully saturated rings. The predicted molar refractivity (Wildman–Crippen MR) is 68.2 cm³/mol.